The first-order chi connectivity index (χ1) is 22.3. The Morgan fingerprint density at radius 1 is 0.809 bits per heavy atom. The molecule has 0 heterocycles. The van der Waals surface area contributed by atoms with Crippen molar-refractivity contribution in [3.63, 3.8) is 0 Å². The maximum atomic E-state index is 6.77. The first kappa shape index (κ1) is 33.0. The molecule has 0 fully saturated rings. The molecule has 0 saturated heterocycles. The third kappa shape index (κ3) is 5.79. The lowest BCUT2D eigenvalue weighted by Crippen LogP contribution is -2.48. The molecule has 0 unspecified atom stereocenters. The van der Waals surface area contributed by atoms with Crippen LogP contribution in [0.2, 0.25) is 6.32 Å². The second kappa shape index (κ2) is 12.3. The van der Waals surface area contributed by atoms with Crippen LogP contribution in [0.25, 0.3) is 33.4 Å². The summed E-state index contributed by atoms with van der Waals surface area (Å²) < 4.78 is 6.77. The minimum atomic E-state index is -0.459. The first-order valence-corrected chi connectivity index (χ1v) is 17.3. The van der Waals surface area contributed by atoms with E-state index in [1.165, 1.54) is 61.1 Å². The van der Waals surface area contributed by atoms with Gasteiger partial charge in [-0.1, -0.05) is 133 Å². The summed E-state index contributed by atoms with van der Waals surface area (Å²) in [5.74, 6) is 0. The SMILES string of the molecule is C=C(/C=C1\C(=C/C)c2ccccc2C1(C)C)c1cc(B(CCC)OC(C)(C)NC)cc(-c2ccc3c(c2)C(C)(C)c2ccccc2-3)c1. The smallest absolute Gasteiger partial charge is 0.329 e. The van der Waals surface area contributed by atoms with Gasteiger partial charge in [-0.3, -0.25) is 5.32 Å². The van der Waals surface area contributed by atoms with E-state index in [2.05, 4.69) is 158 Å². The molecule has 240 valence electrons. The van der Waals surface area contributed by atoms with Crippen molar-refractivity contribution >= 4 is 23.5 Å². The average molecular weight is 620 g/mol. The van der Waals surface area contributed by atoms with E-state index in [1.54, 1.807) is 0 Å². The van der Waals surface area contributed by atoms with E-state index in [1.807, 2.05) is 7.05 Å². The Morgan fingerprint density at radius 2 is 1.45 bits per heavy atom. The van der Waals surface area contributed by atoms with Crippen molar-refractivity contribution in [1.82, 2.24) is 5.32 Å². The predicted molar refractivity (Wildman–Crippen MR) is 204 cm³/mol. The Morgan fingerprint density at radius 3 is 2.11 bits per heavy atom. The Hall–Kier alpha value is -3.92. The van der Waals surface area contributed by atoms with Crippen LogP contribution in [0.5, 0.6) is 0 Å². The summed E-state index contributed by atoms with van der Waals surface area (Å²) in [6.45, 7) is 22.6. The van der Waals surface area contributed by atoms with E-state index in [0.29, 0.717) is 0 Å². The molecule has 0 spiro atoms. The highest BCUT2D eigenvalue weighted by Crippen LogP contribution is 2.51. The lowest BCUT2D eigenvalue weighted by molar-refractivity contribution is 0.0803. The standard InChI is InChI=1S/C44H50BNO/c1-11-23-45(47-44(8,9)46-10)33-26-31(29(3)24-40-34(12-2)35-17-13-15-19-38(35)42(40,4)5)25-32(27-33)30-21-22-37-36-18-14-16-20-39(36)43(6,7)41(37)28-30/h12-22,24-28,46H,3,11,23H2,1-2,4-10H3/b34-12-,40-24+. The molecule has 0 bridgehead atoms. The molecule has 2 aliphatic carbocycles. The zero-order chi connectivity index (χ0) is 33.7. The quantitative estimate of drug-likeness (QED) is 0.149. The molecule has 47 heavy (non-hydrogen) atoms. The third-order valence-corrected chi connectivity index (χ3v) is 10.7. The molecule has 2 aliphatic rings. The summed E-state index contributed by atoms with van der Waals surface area (Å²) in [6, 6.07) is 31.7. The van der Waals surface area contributed by atoms with E-state index >= 15 is 0 Å². The van der Waals surface area contributed by atoms with Gasteiger partial charge in [-0.25, -0.2) is 0 Å². The molecule has 4 aromatic rings. The first-order valence-electron chi connectivity index (χ1n) is 17.3. The van der Waals surface area contributed by atoms with E-state index in [0.717, 1.165) is 23.9 Å². The summed E-state index contributed by atoms with van der Waals surface area (Å²) in [7, 11) is 1.96. The molecule has 0 amide bonds. The number of fused-ring (bicyclic) bond motifs is 4. The van der Waals surface area contributed by atoms with Gasteiger partial charge in [0.15, 0.2) is 0 Å². The van der Waals surface area contributed by atoms with E-state index < -0.39 is 5.72 Å². The van der Waals surface area contributed by atoms with Crippen molar-refractivity contribution in [1.29, 1.82) is 0 Å². The highest BCUT2D eigenvalue weighted by molar-refractivity contribution is 6.67. The van der Waals surface area contributed by atoms with Crippen LogP contribution >= 0.6 is 0 Å². The Balaban J connectivity index is 1.50. The van der Waals surface area contributed by atoms with Crippen molar-refractivity contribution in [2.24, 2.45) is 0 Å². The zero-order valence-electron chi connectivity index (χ0n) is 29.8. The Labute approximate surface area is 283 Å². The fraction of sp³-hybridized carbons (Fsp3) is 0.318. The summed E-state index contributed by atoms with van der Waals surface area (Å²) in [5.41, 5.74) is 15.9. The molecule has 0 radical (unpaired) electrons. The van der Waals surface area contributed by atoms with Crippen LogP contribution in [0.4, 0.5) is 0 Å². The van der Waals surface area contributed by atoms with Crippen LogP contribution in [0.1, 0.15) is 89.6 Å². The molecule has 0 aromatic heterocycles. The van der Waals surface area contributed by atoms with E-state index in [-0.39, 0.29) is 17.7 Å². The summed E-state index contributed by atoms with van der Waals surface area (Å²) in [5, 5.41) is 3.35. The number of benzene rings is 4. The third-order valence-electron chi connectivity index (χ3n) is 10.7. The minimum absolute atomic E-state index is 0.0602. The summed E-state index contributed by atoms with van der Waals surface area (Å²) in [6.07, 6.45) is 6.54. The van der Waals surface area contributed by atoms with Crippen LogP contribution in [-0.2, 0) is 15.5 Å². The van der Waals surface area contributed by atoms with Gasteiger partial charge in [0.05, 0.1) is 5.72 Å². The fourth-order valence-corrected chi connectivity index (χ4v) is 7.76. The summed E-state index contributed by atoms with van der Waals surface area (Å²) in [4.78, 5) is 0. The van der Waals surface area contributed by atoms with E-state index in [9.17, 15) is 0 Å². The number of nitrogens with one attached hydrogen (secondary N) is 1. The monoisotopic (exact) mass is 619 g/mol. The molecule has 6 rings (SSSR count). The number of hydrogen-bond donors (Lipinski definition) is 1. The maximum Gasteiger partial charge on any atom is 0.329 e. The molecule has 2 nitrogen and oxygen atoms in total. The van der Waals surface area contributed by atoms with Gasteiger partial charge in [0.1, 0.15) is 0 Å². The second-order valence-corrected chi connectivity index (χ2v) is 14.9. The maximum absolute atomic E-state index is 6.77. The molecule has 0 atom stereocenters. The van der Waals surface area contributed by atoms with Crippen molar-refractivity contribution in [3.05, 3.63) is 137 Å². The fourth-order valence-electron chi connectivity index (χ4n) is 7.76. The van der Waals surface area contributed by atoms with Crippen molar-refractivity contribution in [2.75, 3.05) is 7.05 Å². The number of allylic oxidation sites excluding steroid dienone is 5. The lowest BCUT2D eigenvalue weighted by Gasteiger charge is -2.30. The van der Waals surface area contributed by atoms with Gasteiger partial charge in [-0.2, -0.15) is 0 Å². The second-order valence-electron chi connectivity index (χ2n) is 14.9. The van der Waals surface area contributed by atoms with Gasteiger partial charge in [0, 0.05) is 10.8 Å². The average Bonchev–Trinajstić information content (AvgIpc) is 3.43. The molecule has 4 aromatic carbocycles. The molecule has 0 saturated carbocycles. The molecule has 0 aliphatic heterocycles. The van der Waals surface area contributed by atoms with Crippen LogP contribution < -0.4 is 10.8 Å². The van der Waals surface area contributed by atoms with Crippen molar-refractivity contribution < 1.29 is 4.65 Å². The van der Waals surface area contributed by atoms with Crippen molar-refractivity contribution in [2.45, 2.75) is 84.7 Å². The van der Waals surface area contributed by atoms with Gasteiger partial charge in [-0.15, -0.1) is 0 Å². The molecular formula is C44H50BNO. The topological polar surface area (TPSA) is 21.3 Å². The normalized spacial score (nSPS) is 17.5. The van der Waals surface area contributed by atoms with Gasteiger partial charge in [0.25, 0.3) is 0 Å². The Bertz CT molecular complexity index is 1920. The lowest BCUT2D eigenvalue weighted by atomic mass is 9.56. The Kier molecular flexibility index (Phi) is 8.62. The van der Waals surface area contributed by atoms with Crippen molar-refractivity contribution in [3.8, 4) is 22.3 Å². The van der Waals surface area contributed by atoms with Crippen LogP contribution in [0, 0.1) is 0 Å². The van der Waals surface area contributed by atoms with Gasteiger partial charge in [0.2, 0.25) is 0 Å². The highest BCUT2D eigenvalue weighted by atomic mass is 16.5. The molecule has 3 heteroatoms. The predicted octanol–water partition coefficient (Wildman–Crippen LogP) is 10.6. The zero-order valence-corrected chi connectivity index (χ0v) is 29.8. The number of hydrogen-bond acceptors (Lipinski definition) is 2. The minimum Gasteiger partial charge on any atom is -0.414 e. The van der Waals surface area contributed by atoms with Gasteiger partial charge in [-0.05, 0) is 119 Å². The van der Waals surface area contributed by atoms with Crippen LogP contribution in [-0.4, -0.2) is 19.7 Å². The largest absolute Gasteiger partial charge is 0.414 e. The van der Waals surface area contributed by atoms with Crippen LogP contribution in [0.3, 0.4) is 0 Å². The molecule has 1 N–H and O–H groups in total. The van der Waals surface area contributed by atoms with E-state index in [4.69, 9.17) is 11.2 Å². The number of rotatable bonds is 9. The highest BCUT2D eigenvalue weighted by Gasteiger charge is 2.38. The van der Waals surface area contributed by atoms with Gasteiger partial charge >= 0.3 is 6.92 Å². The van der Waals surface area contributed by atoms with Gasteiger partial charge < -0.3 is 4.65 Å². The summed E-state index contributed by atoms with van der Waals surface area (Å²) >= 11 is 0. The van der Waals surface area contributed by atoms with Crippen LogP contribution in [0.15, 0.2) is 109 Å². The molecular weight excluding hydrogens is 569 g/mol.